The highest BCUT2D eigenvalue weighted by molar-refractivity contribution is 5.98. The van der Waals surface area contributed by atoms with Gasteiger partial charge in [-0.15, -0.1) is 0 Å². The molecule has 0 saturated heterocycles. The van der Waals surface area contributed by atoms with Crippen LogP contribution in [0.25, 0.3) is 0 Å². The van der Waals surface area contributed by atoms with Crippen molar-refractivity contribution in [3.8, 4) is 0 Å². The molecular formula is C15H24N2O3. The third kappa shape index (κ3) is 2.97. The number of carbonyl (C=O) groups is 2. The smallest absolute Gasteiger partial charge is 0.410 e. The minimum absolute atomic E-state index is 0.0725. The van der Waals surface area contributed by atoms with Gasteiger partial charge in [0.15, 0.2) is 0 Å². The van der Waals surface area contributed by atoms with Crippen LogP contribution in [0.3, 0.4) is 0 Å². The summed E-state index contributed by atoms with van der Waals surface area (Å²) >= 11 is 0. The van der Waals surface area contributed by atoms with Crippen molar-refractivity contribution in [3.63, 3.8) is 0 Å². The summed E-state index contributed by atoms with van der Waals surface area (Å²) in [5.41, 5.74) is 1.47. The standard InChI is InChI=1S/C15H24N2O3/c1-10(2)17-8-11-6-7-16(9-12(11)13(17)18)14(19)20-15(3,4)5/h10H,6-9H2,1-5H3. The van der Waals surface area contributed by atoms with Gasteiger partial charge in [0.25, 0.3) is 5.91 Å². The minimum Gasteiger partial charge on any atom is -0.444 e. The van der Waals surface area contributed by atoms with Crippen molar-refractivity contribution in [2.45, 2.75) is 52.7 Å². The van der Waals surface area contributed by atoms with E-state index in [-0.39, 0.29) is 18.0 Å². The van der Waals surface area contributed by atoms with E-state index in [1.165, 1.54) is 5.57 Å². The molecule has 2 aliphatic heterocycles. The van der Waals surface area contributed by atoms with Crippen molar-refractivity contribution >= 4 is 12.0 Å². The van der Waals surface area contributed by atoms with E-state index in [1.807, 2.05) is 39.5 Å². The first-order valence-electron chi connectivity index (χ1n) is 7.19. The Morgan fingerprint density at radius 2 is 1.90 bits per heavy atom. The average molecular weight is 280 g/mol. The molecule has 2 aliphatic rings. The van der Waals surface area contributed by atoms with Crippen LogP contribution in [0.1, 0.15) is 41.0 Å². The van der Waals surface area contributed by atoms with Gasteiger partial charge in [0.1, 0.15) is 5.60 Å². The molecule has 0 N–H and O–H groups in total. The van der Waals surface area contributed by atoms with Gasteiger partial charge in [-0.05, 0) is 46.6 Å². The van der Waals surface area contributed by atoms with E-state index in [4.69, 9.17) is 4.74 Å². The first kappa shape index (κ1) is 14.9. The molecule has 2 heterocycles. The fraction of sp³-hybridized carbons (Fsp3) is 0.733. The highest BCUT2D eigenvalue weighted by Crippen LogP contribution is 2.28. The first-order chi connectivity index (χ1) is 9.19. The third-order valence-corrected chi connectivity index (χ3v) is 3.61. The summed E-state index contributed by atoms with van der Waals surface area (Å²) in [7, 11) is 0. The number of rotatable bonds is 1. The van der Waals surface area contributed by atoms with Crippen LogP contribution in [-0.4, -0.2) is 53.1 Å². The Kier molecular flexibility index (Phi) is 3.80. The molecule has 0 unspecified atom stereocenters. The second kappa shape index (κ2) is 5.11. The largest absolute Gasteiger partial charge is 0.444 e. The highest BCUT2D eigenvalue weighted by atomic mass is 16.6. The molecule has 2 amide bonds. The molecule has 0 bridgehead atoms. The van der Waals surface area contributed by atoms with E-state index in [0.29, 0.717) is 19.6 Å². The van der Waals surface area contributed by atoms with E-state index in [1.54, 1.807) is 4.90 Å². The fourth-order valence-electron chi connectivity index (χ4n) is 2.55. The van der Waals surface area contributed by atoms with Crippen LogP contribution >= 0.6 is 0 Å². The Balaban J connectivity index is 2.05. The molecule has 0 aromatic carbocycles. The molecule has 0 aromatic rings. The SMILES string of the molecule is CC(C)N1CC2=C(CN(C(=O)OC(C)(C)C)CC2)C1=O. The predicted octanol–water partition coefficient (Wildman–Crippen LogP) is 2.17. The Morgan fingerprint density at radius 3 is 2.45 bits per heavy atom. The van der Waals surface area contributed by atoms with Crippen LogP contribution < -0.4 is 0 Å². The van der Waals surface area contributed by atoms with Gasteiger partial charge in [0.2, 0.25) is 0 Å². The van der Waals surface area contributed by atoms with Crippen LogP contribution in [0.5, 0.6) is 0 Å². The van der Waals surface area contributed by atoms with Crippen molar-refractivity contribution in [3.05, 3.63) is 11.1 Å². The van der Waals surface area contributed by atoms with E-state index in [2.05, 4.69) is 0 Å². The van der Waals surface area contributed by atoms with E-state index in [0.717, 1.165) is 12.0 Å². The maximum absolute atomic E-state index is 12.3. The van der Waals surface area contributed by atoms with Crippen molar-refractivity contribution < 1.29 is 14.3 Å². The van der Waals surface area contributed by atoms with Crippen LogP contribution in [0.2, 0.25) is 0 Å². The lowest BCUT2D eigenvalue weighted by atomic mass is 10.0. The normalized spacial score (nSPS) is 19.8. The van der Waals surface area contributed by atoms with Crippen molar-refractivity contribution in [2.24, 2.45) is 0 Å². The van der Waals surface area contributed by atoms with Gasteiger partial charge < -0.3 is 14.5 Å². The van der Waals surface area contributed by atoms with Gasteiger partial charge in [-0.25, -0.2) is 4.79 Å². The number of amides is 2. The Morgan fingerprint density at radius 1 is 1.25 bits per heavy atom. The zero-order valence-electron chi connectivity index (χ0n) is 13.0. The molecule has 5 heteroatoms. The summed E-state index contributed by atoms with van der Waals surface area (Å²) in [5.74, 6) is 0.0725. The lowest BCUT2D eigenvalue weighted by Gasteiger charge is -2.30. The van der Waals surface area contributed by atoms with Crippen LogP contribution in [0.4, 0.5) is 4.79 Å². The highest BCUT2D eigenvalue weighted by Gasteiger charge is 2.37. The Labute approximate surface area is 120 Å². The van der Waals surface area contributed by atoms with Crippen LogP contribution in [0.15, 0.2) is 11.1 Å². The molecular weight excluding hydrogens is 256 g/mol. The first-order valence-corrected chi connectivity index (χ1v) is 7.19. The lowest BCUT2D eigenvalue weighted by molar-refractivity contribution is -0.127. The maximum atomic E-state index is 12.3. The molecule has 0 spiro atoms. The van der Waals surface area contributed by atoms with Gasteiger partial charge in [0, 0.05) is 24.7 Å². The number of ether oxygens (including phenoxy) is 1. The minimum atomic E-state index is -0.505. The Bertz CT molecular complexity index is 460. The predicted molar refractivity (Wildman–Crippen MR) is 76.3 cm³/mol. The quantitative estimate of drug-likeness (QED) is 0.739. The van der Waals surface area contributed by atoms with Gasteiger partial charge in [-0.3, -0.25) is 4.79 Å². The van der Waals surface area contributed by atoms with E-state index < -0.39 is 5.60 Å². The van der Waals surface area contributed by atoms with Crippen molar-refractivity contribution in [1.29, 1.82) is 0 Å². The van der Waals surface area contributed by atoms with Gasteiger partial charge >= 0.3 is 6.09 Å². The summed E-state index contributed by atoms with van der Waals surface area (Å²) in [5, 5.41) is 0. The average Bonchev–Trinajstić information content (AvgIpc) is 2.64. The van der Waals surface area contributed by atoms with Gasteiger partial charge in [-0.1, -0.05) is 0 Å². The molecule has 0 aliphatic carbocycles. The summed E-state index contributed by atoms with van der Waals surface area (Å²) in [6.07, 6.45) is 0.434. The zero-order chi connectivity index (χ0) is 15.1. The molecule has 0 atom stereocenters. The monoisotopic (exact) mass is 280 g/mol. The molecule has 20 heavy (non-hydrogen) atoms. The van der Waals surface area contributed by atoms with Crippen molar-refractivity contribution in [1.82, 2.24) is 9.80 Å². The number of hydrogen-bond acceptors (Lipinski definition) is 3. The van der Waals surface area contributed by atoms with Crippen molar-refractivity contribution in [2.75, 3.05) is 19.6 Å². The molecule has 0 aromatic heterocycles. The number of nitrogens with zero attached hydrogens (tertiary/aromatic N) is 2. The summed E-state index contributed by atoms with van der Waals surface area (Å²) in [6.45, 7) is 11.3. The van der Waals surface area contributed by atoms with E-state index >= 15 is 0 Å². The lowest BCUT2D eigenvalue weighted by Crippen LogP contribution is -2.41. The summed E-state index contributed by atoms with van der Waals surface area (Å²) < 4.78 is 5.37. The van der Waals surface area contributed by atoms with E-state index in [9.17, 15) is 9.59 Å². The molecule has 112 valence electrons. The third-order valence-electron chi connectivity index (χ3n) is 3.61. The second-order valence-electron chi connectivity index (χ2n) is 6.76. The van der Waals surface area contributed by atoms with Crippen LogP contribution in [0, 0.1) is 0 Å². The summed E-state index contributed by atoms with van der Waals surface area (Å²) in [6, 6.07) is 0.197. The fourth-order valence-corrected chi connectivity index (χ4v) is 2.55. The summed E-state index contributed by atoms with van der Waals surface area (Å²) in [4.78, 5) is 27.9. The van der Waals surface area contributed by atoms with Crippen LogP contribution in [-0.2, 0) is 9.53 Å². The Hall–Kier alpha value is -1.52. The van der Waals surface area contributed by atoms with Gasteiger partial charge in [0.05, 0.1) is 6.54 Å². The van der Waals surface area contributed by atoms with Gasteiger partial charge in [-0.2, -0.15) is 0 Å². The molecule has 0 fully saturated rings. The number of carbonyl (C=O) groups excluding carboxylic acids is 2. The maximum Gasteiger partial charge on any atom is 0.410 e. The second-order valence-corrected chi connectivity index (χ2v) is 6.76. The molecule has 0 radical (unpaired) electrons. The zero-order valence-corrected chi connectivity index (χ0v) is 13.0. The number of hydrogen-bond donors (Lipinski definition) is 0. The topological polar surface area (TPSA) is 49.9 Å². The molecule has 2 rings (SSSR count). The molecule has 5 nitrogen and oxygen atoms in total. The molecule has 0 saturated carbocycles.